The number of piperidine rings is 1. The third-order valence-electron chi connectivity index (χ3n) is 4.94. The maximum atomic E-state index is 12.7. The van der Waals surface area contributed by atoms with Gasteiger partial charge in [0.05, 0.1) is 4.90 Å². The van der Waals surface area contributed by atoms with Gasteiger partial charge in [0.15, 0.2) is 0 Å². The van der Waals surface area contributed by atoms with Gasteiger partial charge in [0.25, 0.3) is 0 Å². The highest BCUT2D eigenvalue weighted by Gasteiger charge is 2.33. The Labute approximate surface area is 144 Å². The summed E-state index contributed by atoms with van der Waals surface area (Å²) in [5, 5.41) is 0. The lowest BCUT2D eigenvalue weighted by Crippen LogP contribution is -2.56. The van der Waals surface area contributed by atoms with E-state index in [1.165, 1.54) is 10.7 Å². The minimum absolute atomic E-state index is 0.0546. The molecule has 1 atom stereocenters. The van der Waals surface area contributed by atoms with Crippen molar-refractivity contribution in [1.82, 2.24) is 14.1 Å². The standard InChI is InChI=1S/C17H25N3O3S/c1-15-7-5-6-10-20(15)17(21)18-11-13-19(14-12-18)24(22,23)16-8-3-2-4-9-16/h2-4,8-9,15H,5-7,10-14H2,1H3/t15-/m1/s1. The average molecular weight is 351 g/mol. The largest absolute Gasteiger partial charge is 0.322 e. The molecule has 0 bridgehead atoms. The number of carbonyl (C=O) groups is 1. The molecule has 2 heterocycles. The fourth-order valence-electron chi connectivity index (χ4n) is 3.43. The summed E-state index contributed by atoms with van der Waals surface area (Å²) in [6, 6.07) is 8.81. The van der Waals surface area contributed by atoms with Crippen molar-refractivity contribution in [3.63, 3.8) is 0 Å². The van der Waals surface area contributed by atoms with E-state index in [1.807, 2.05) is 4.90 Å². The molecular formula is C17H25N3O3S. The molecule has 3 rings (SSSR count). The number of rotatable bonds is 2. The lowest BCUT2D eigenvalue weighted by Gasteiger charge is -2.40. The molecule has 2 aliphatic heterocycles. The first-order chi connectivity index (χ1) is 11.5. The third-order valence-corrected chi connectivity index (χ3v) is 6.85. The molecule has 0 aromatic heterocycles. The molecule has 7 heteroatoms. The predicted molar refractivity (Wildman–Crippen MR) is 92.2 cm³/mol. The minimum atomic E-state index is -3.47. The summed E-state index contributed by atoms with van der Waals surface area (Å²) in [7, 11) is -3.47. The Bertz CT molecular complexity index is 670. The van der Waals surface area contributed by atoms with Gasteiger partial charge in [0, 0.05) is 38.8 Å². The summed E-state index contributed by atoms with van der Waals surface area (Å²) in [6.07, 6.45) is 3.28. The van der Waals surface area contributed by atoms with Crippen molar-refractivity contribution in [1.29, 1.82) is 0 Å². The number of nitrogens with zero attached hydrogens (tertiary/aromatic N) is 3. The molecule has 1 aromatic rings. The molecule has 2 fully saturated rings. The van der Waals surface area contributed by atoms with E-state index in [2.05, 4.69) is 6.92 Å². The van der Waals surface area contributed by atoms with Gasteiger partial charge in [-0.2, -0.15) is 4.31 Å². The van der Waals surface area contributed by atoms with E-state index >= 15 is 0 Å². The van der Waals surface area contributed by atoms with Crippen LogP contribution >= 0.6 is 0 Å². The predicted octanol–water partition coefficient (Wildman–Crippen LogP) is 1.99. The van der Waals surface area contributed by atoms with Gasteiger partial charge in [-0.15, -0.1) is 0 Å². The number of piperazine rings is 1. The highest BCUT2D eigenvalue weighted by molar-refractivity contribution is 7.89. The first-order valence-electron chi connectivity index (χ1n) is 8.61. The fourth-order valence-corrected chi connectivity index (χ4v) is 4.87. The second-order valence-corrected chi connectivity index (χ2v) is 8.46. The molecule has 0 aliphatic carbocycles. The minimum Gasteiger partial charge on any atom is -0.322 e. The number of amides is 2. The van der Waals surface area contributed by atoms with Crippen LogP contribution in [0.25, 0.3) is 0 Å². The Hall–Kier alpha value is -1.60. The van der Waals surface area contributed by atoms with Crippen LogP contribution in [0, 0.1) is 0 Å². The second-order valence-electron chi connectivity index (χ2n) is 6.52. The molecule has 2 amide bonds. The van der Waals surface area contributed by atoms with Crippen molar-refractivity contribution < 1.29 is 13.2 Å². The van der Waals surface area contributed by atoms with E-state index in [0.29, 0.717) is 31.1 Å². The van der Waals surface area contributed by atoms with Gasteiger partial charge in [-0.3, -0.25) is 0 Å². The number of carbonyl (C=O) groups excluding carboxylic acids is 1. The zero-order chi connectivity index (χ0) is 17.2. The van der Waals surface area contributed by atoms with Crippen LogP contribution in [-0.4, -0.2) is 67.3 Å². The Balaban J connectivity index is 1.62. The van der Waals surface area contributed by atoms with Crippen LogP contribution in [0.3, 0.4) is 0 Å². The maximum Gasteiger partial charge on any atom is 0.320 e. The Morgan fingerprint density at radius 2 is 1.67 bits per heavy atom. The Kier molecular flexibility index (Phi) is 5.10. The van der Waals surface area contributed by atoms with Crippen molar-refractivity contribution in [3.8, 4) is 0 Å². The highest BCUT2D eigenvalue weighted by Crippen LogP contribution is 2.21. The third kappa shape index (κ3) is 3.42. The average Bonchev–Trinajstić information content (AvgIpc) is 2.62. The molecule has 0 saturated carbocycles. The lowest BCUT2D eigenvalue weighted by molar-refractivity contribution is 0.107. The first kappa shape index (κ1) is 17.2. The SMILES string of the molecule is C[C@@H]1CCCCN1C(=O)N1CCN(S(=O)(=O)c2ccccc2)CC1. The maximum absolute atomic E-state index is 12.7. The van der Waals surface area contributed by atoms with Gasteiger partial charge in [-0.1, -0.05) is 18.2 Å². The van der Waals surface area contributed by atoms with Crippen molar-refractivity contribution in [2.75, 3.05) is 32.7 Å². The molecular weight excluding hydrogens is 326 g/mol. The highest BCUT2D eigenvalue weighted by atomic mass is 32.2. The fraction of sp³-hybridized carbons (Fsp3) is 0.588. The summed E-state index contributed by atoms with van der Waals surface area (Å²) >= 11 is 0. The van der Waals surface area contributed by atoms with E-state index in [0.717, 1.165) is 19.4 Å². The molecule has 1 aromatic carbocycles. The van der Waals surface area contributed by atoms with Gasteiger partial charge in [0.1, 0.15) is 0 Å². The Morgan fingerprint density at radius 3 is 2.29 bits per heavy atom. The molecule has 0 spiro atoms. The molecule has 24 heavy (non-hydrogen) atoms. The summed E-state index contributed by atoms with van der Waals surface area (Å²) in [4.78, 5) is 16.7. The number of benzene rings is 1. The number of hydrogen-bond donors (Lipinski definition) is 0. The first-order valence-corrected chi connectivity index (χ1v) is 10.0. The van der Waals surface area contributed by atoms with E-state index in [4.69, 9.17) is 0 Å². The van der Waals surface area contributed by atoms with Gasteiger partial charge < -0.3 is 9.80 Å². The molecule has 2 saturated heterocycles. The zero-order valence-corrected chi connectivity index (χ0v) is 14.9. The van der Waals surface area contributed by atoms with Gasteiger partial charge >= 0.3 is 6.03 Å². The van der Waals surface area contributed by atoms with Crippen molar-refractivity contribution in [3.05, 3.63) is 30.3 Å². The molecule has 2 aliphatic rings. The lowest BCUT2D eigenvalue weighted by atomic mass is 10.0. The van der Waals surface area contributed by atoms with Crippen LogP contribution in [-0.2, 0) is 10.0 Å². The van der Waals surface area contributed by atoms with E-state index < -0.39 is 10.0 Å². The normalized spacial score (nSPS) is 23.3. The second kappa shape index (κ2) is 7.11. The molecule has 0 N–H and O–H groups in total. The summed E-state index contributed by atoms with van der Waals surface area (Å²) in [5.74, 6) is 0. The van der Waals surface area contributed by atoms with Crippen LogP contribution in [0.2, 0.25) is 0 Å². The van der Waals surface area contributed by atoms with Crippen LogP contribution in [0.5, 0.6) is 0 Å². The topological polar surface area (TPSA) is 60.9 Å². The summed E-state index contributed by atoms with van der Waals surface area (Å²) in [5.41, 5.74) is 0. The van der Waals surface area contributed by atoms with E-state index in [9.17, 15) is 13.2 Å². The van der Waals surface area contributed by atoms with Crippen LogP contribution in [0.15, 0.2) is 35.2 Å². The van der Waals surface area contributed by atoms with Crippen LogP contribution < -0.4 is 0 Å². The molecule has 0 radical (unpaired) electrons. The smallest absolute Gasteiger partial charge is 0.320 e. The molecule has 0 unspecified atom stereocenters. The van der Waals surface area contributed by atoms with Gasteiger partial charge in [0.2, 0.25) is 10.0 Å². The number of hydrogen-bond acceptors (Lipinski definition) is 3. The zero-order valence-electron chi connectivity index (χ0n) is 14.1. The Morgan fingerprint density at radius 1 is 1.00 bits per heavy atom. The monoisotopic (exact) mass is 351 g/mol. The van der Waals surface area contributed by atoms with Crippen LogP contribution in [0.4, 0.5) is 4.79 Å². The van der Waals surface area contributed by atoms with Crippen molar-refractivity contribution >= 4 is 16.1 Å². The van der Waals surface area contributed by atoms with Gasteiger partial charge in [-0.05, 0) is 38.3 Å². The van der Waals surface area contributed by atoms with E-state index in [-0.39, 0.29) is 12.1 Å². The van der Waals surface area contributed by atoms with E-state index in [1.54, 1.807) is 35.2 Å². The van der Waals surface area contributed by atoms with Crippen molar-refractivity contribution in [2.24, 2.45) is 0 Å². The molecule has 132 valence electrons. The van der Waals surface area contributed by atoms with Gasteiger partial charge in [-0.25, -0.2) is 13.2 Å². The summed E-state index contributed by atoms with van der Waals surface area (Å²) in [6.45, 7) is 4.51. The number of urea groups is 1. The van der Waals surface area contributed by atoms with Crippen LogP contribution in [0.1, 0.15) is 26.2 Å². The summed E-state index contributed by atoms with van der Waals surface area (Å²) < 4.78 is 26.7. The molecule has 6 nitrogen and oxygen atoms in total. The number of likely N-dealkylation sites (tertiary alicyclic amines) is 1. The quantitative estimate of drug-likeness (QED) is 0.819. The number of sulfonamides is 1. The van der Waals surface area contributed by atoms with Crippen molar-refractivity contribution in [2.45, 2.75) is 37.1 Å².